The molecule has 0 aliphatic rings. The number of hydrogen-bond donors (Lipinski definition) is 10. The molecule has 0 radical (unpaired) electrons. The highest BCUT2D eigenvalue weighted by Crippen LogP contribution is 2.69. The summed E-state index contributed by atoms with van der Waals surface area (Å²) in [4.78, 5) is 74.9. The quantitative estimate of drug-likeness (QED) is 0.0578. The normalized spacial score (nSPS) is 13.1. The van der Waals surface area contributed by atoms with Crippen LogP contribution in [0.2, 0.25) is 0 Å². The van der Waals surface area contributed by atoms with Crippen LogP contribution in [0, 0.1) is 0 Å². The molecule has 0 heterocycles. The van der Waals surface area contributed by atoms with Crippen molar-refractivity contribution in [1.82, 2.24) is 9.80 Å². The summed E-state index contributed by atoms with van der Waals surface area (Å²) in [5, 5.41) is 12.7. The van der Waals surface area contributed by atoms with E-state index in [0.717, 1.165) is 38.5 Å². The van der Waals surface area contributed by atoms with Crippen molar-refractivity contribution in [3.63, 3.8) is 0 Å². The van der Waals surface area contributed by atoms with Crippen molar-refractivity contribution in [2.75, 3.05) is 40.3 Å². The molecule has 0 spiro atoms. The topological polar surface area (TPSA) is 372 Å². The molecule has 0 saturated carbocycles. The lowest BCUT2D eigenvalue weighted by molar-refractivity contribution is 0.111. The van der Waals surface area contributed by atoms with Crippen LogP contribution in [0.5, 0.6) is 0 Å². The molecule has 0 aromatic carbocycles. The Morgan fingerprint density at radius 1 is 0.488 bits per heavy atom. The molecule has 41 heavy (non-hydrogen) atoms. The second kappa shape index (κ2) is 21.1. The molecule has 0 aromatic rings. The summed E-state index contributed by atoms with van der Waals surface area (Å²) < 4.78 is 44.4. The monoisotopic (exact) mass is 692 g/mol. The highest BCUT2D eigenvalue weighted by atomic mass is 31.2. The SMILES string of the molecule is CCCCCN(C)CCC(O)(P(=O)(O)O)P(=O)(O)O.CCCCCN(C)CCC(O)(P(=O)(O)O)P(=O)(O)O.O.O.O. The predicted molar refractivity (Wildman–Crippen MR) is 152 cm³/mol. The van der Waals surface area contributed by atoms with Crippen LogP contribution in [0.4, 0.5) is 0 Å². The number of nitrogens with zero attached hydrogens (tertiary/aromatic N) is 2. The van der Waals surface area contributed by atoms with Crippen LogP contribution in [0.3, 0.4) is 0 Å². The molecule has 0 rings (SSSR count). The summed E-state index contributed by atoms with van der Waals surface area (Å²) in [6.45, 7) is 5.28. The molecule has 0 fully saturated rings. The Balaban J connectivity index is -0.000000196. The van der Waals surface area contributed by atoms with Gasteiger partial charge >= 0.3 is 30.4 Å². The third-order valence-electron chi connectivity index (χ3n) is 5.81. The maximum atomic E-state index is 11.1. The van der Waals surface area contributed by atoms with E-state index in [1.54, 1.807) is 23.9 Å². The molecule has 0 aliphatic carbocycles. The fourth-order valence-electron chi connectivity index (χ4n) is 3.09. The van der Waals surface area contributed by atoms with Crippen LogP contribution in [0.1, 0.15) is 65.2 Å². The Bertz CT molecular complexity index is 757. The van der Waals surface area contributed by atoms with E-state index in [1.807, 2.05) is 13.8 Å². The lowest BCUT2D eigenvalue weighted by Crippen LogP contribution is -2.34. The second-order valence-corrected chi connectivity index (χ2v) is 17.3. The van der Waals surface area contributed by atoms with Crippen molar-refractivity contribution in [2.24, 2.45) is 0 Å². The first kappa shape index (κ1) is 50.9. The minimum Gasteiger partial charge on any atom is -0.412 e. The lowest BCUT2D eigenvalue weighted by atomic mass is 10.2. The van der Waals surface area contributed by atoms with Gasteiger partial charge in [-0.2, -0.15) is 0 Å². The van der Waals surface area contributed by atoms with Gasteiger partial charge in [0.05, 0.1) is 0 Å². The van der Waals surface area contributed by atoms with Crippen LogP contribution in [0.15, 0.2) is 0 Å². The summed E-state index contributed by atoms with van der Waals surface area (Å²) in [5.74, 6) is 0. The average Bonchev–Trinajstić information content (AvgIpc) is 2.73. The number of hydrogen-bond acceptors (Lipinski definition) is 8. The average molecular weight is 693 g/mol. The van der Waals surface area contributed by atoms with Gasteiger partial charge in [0.15, 0.2) is 0 Å². The maximum Gasteiger partial charge on any atom is 0.369 e. The van der Waals surface area contributed by atoms with E-state index < -0.39 is 53.4 Å². The highest BCUT2D eigenvalue weighted by Gasteiger charge is 2.59. The molecular formula is C18H52N2O17P4. The largest absolute Gasteiger partial charge is 0.412 e. The van der Waals surface area contributed by atoms with Crippen LogP contribution in [0.25, 0.3) is 0 Å². The van der Waals surface area contributed by atoms with Gasteiger partial charge in [0, 0.05) is 25.9 Å². The minimum atomic E-state index is -5.33. The van der Waals surface area contributed by atoms with Gasteiger partial charge in [0.25, 0.3) is 10.2 Å². The van der Waals surface area contributed by atoms with Crippen molar-refractivity contribution >= 4 is 30.4 Å². The van der Waals surface area contributed by atoms with E-state index >= 15 is 0 Å². The zero-order chi connectivity index (χ0) is 30.6. The summed E-state index contributed by atoms with van der Waals surface area (Å²) >= 11 is 0. The predicted octanol–water partition coefficient (Wildman–Crippen LogP) is -1.47. The Kier molecular flexibility index (Phi) is 26.2. The van der Waals surface area contributed by atoms with E-state index in [9.17, 15) is 28.5 Å². The van der Waals surface area contributed by atoms with Gasteiger partial charge in [-0.3, -0.25) is 18.3 Å². The maximum absolute atomic E-state index is 11.1. The molecule has 0 bridgehead atoms. The molecule has 0 aromatic heterocycles. The van der Waals surface area contributed by atoms with Crippen LogP contribution >= 0.6 is 30.4 Å². The van der Waals surface area contributed by atoms with Crippen molar-refractivity contribution in [1.29, 1.82) is 0 Å². The zero-order valence-corrected chi connectivity index (χ0v) is 27.4. The molecule has 0 unspecified atom stereocenters. The molecule has 256 valence electrons. The first-order chi connectivity index (χ1) is 16.9. The highest BCUT2D eigenvalue weighted by molar-refractivity contribution is 7.72. The third-order valence-corrected chi connectivity index (χ3v) is 13.6. The Morgan fingerprint density at radius 2 is 0.707 bits per heavy atom. The fraction of sp³-hybridized carbons (Fsp3) is 1.00. The standard InChI is InChI=1S/2C9H23NO7P2.3H2O/c2*1-3-4-5-7-10(2)8-6-9(11,18(12,13)14)19(15,16)17;;;/h2*11H,3-8H2,1-2H3,(H2,12,13,14)(H2,15,16,17);3*1H2. The minimum absolute atomic E-state index is 0. The van der Waals surface area contributed by atoms with Gasteiger partial charge in [-0.1, -0.05) is 39.5 Å². The van der Waals surface area contributed by atoms with Crippen molar-refractivity contribution in [3.8, 4) is 0 Å². The molecule has 0 amide bonds. The van der Waals surface area contributed by atoms with E-state index in [1.165, 1.54) is 0 Å². The van der Waals surface area contributed by atoms with E-state index in [4.69, 9.17) is 39.1 Å². The molecule has 23 heteroatoms. The lowest BCUT2D eigenvalue weighted by Gasteiger charge is -2.30. The summed E-state index contributed by atoms with van der Waals surface area (Å²) in [5.41, 5.74) is 0. The molecule has 16 N–H and O–H groups in total. The Hall–Kier alpha value is 0.320. The van der Waals surface area contributed by atoms with E-state index in [2.05, 4.69) is 0 Å². The molecule has 0 saturated heterocycles. The number of unbranched alkanes of at least 4 members (excludes halogenated alkanes) is 4. The first-order valence-corrected chi connectivity index (χ1v) is 18.4. The first-order valence-electron chi connectivity index (χ1n) is 12.0. The fourth-order valence-corrected chi connectivity index (χ4v) is 7.37. The van der Waals surface area contributed by atoms with Crippen LogP contribution < -0.4 is 0 Å². The molecular weight excluding hydrogens is 640 g/mol. The van der Waals surface area contributed by atoms with Crippen LogP contribution in [-0.2, 0) is 18.3 Å². The smallest absolute Gasteiger partial charge is 0.369 e. The van der Waals surface area contributed by atoms with Gasteiger partial charge in [-0.15, -0.1) is 0 Å². The van der Waals surface area contributed by atoms with Gasteiger partial charge < -0.3 is 75.6 Å². The molecule has 19 nitrogen and oxygen atoms in total. The van der Waals surface area contributed by atoms with Crippen molar-refractivity contribution in [3.05, 3.63) is 0 Å². The Labute approximate surface area is 240 Å². The van der Waals surface area contributed by atoms with Gasteiger partial charge in [-0.25, -0.2) is 0 Å². The van der Waals surface area contributed by atoms with Crippen molar-refractivity contribution < 1.29 is 84.0 Å². The van der Waals surface area contributed by atoms with E-state index in [0.29, 0.717) is 13.1 Å². The van der Waals surface area contributed by atoms with Gasteiger partial charge in [-0.05, 0) is 40.0 Å². The second-order valence-electron chi connectivity index (χ2n) is 9.25. The van der Waals surface area contributed by atoms with Gasteiger partial charge in [0.1, 0.15) is 0 Å². The van der Waals surface area contributed by atoms with E-state index in [-0.39, 0.29) is 29.5 Å². The summed E-state index contributed by atoms with van der Waals surface area (Å²) in [6.07, 6.45) is 4.38. The molecule has 0 atom stereocenters. The van der Waals surface area contributed by atoms with Crippen LogP contribution in [-0.4, -0.2) is 126 Å². The number of aliphatic hydroxyl groups is 2. The number of rotatable bonds is 18. The zero-order valence-electron chi connectivity index (χ0n) is 23.8. The third kappa shape index (κ3) is 17.4. The summed E-state index contributed by atoms with van der Waals surface area (Å²) in [6, 6.07) is 0. The van der Waals surface area contributed by atoms with Crippen molar-refractivity contribution in [2.45, 2.75) is 75.4 Å². The Morgan fingerprint density at radius 3 is 0.878 bits per heavy atom. The summed E-state index contributed by atoms with van der Waals surface area (Å²) in [7, 11) is -18.0. The molecule has 0 aliphatic heterocycles. The van der Waals surface area contributed by atoms with Gasteiger partial charge in [0.2, 0.25) is 0 Å².